The number of esters is 1. The Morgan fingerprint density at radius 2 is 1.72 bits per heavy atom. The summed E-state index contributed by atoms with van der Waals surface area (Å²) in [6.45, 7) is 7.93. The number of carbonyl (C=O) groups is 1. The summed E-state index contributed by atoms with van der Waals surface area (Å²) in [4.78, 5) is 13.9. The summed E-state index contributed by atoms with van der Waals surface area (Å²) in [6, 6.07) is 16.7. The first-order chi connectivity index (χ1) is 15.5. The molecule has 0 bridgehead atoms. The molecule has 0 aliphatic heterocycles. The van der Waals surface area contributed by atoms with E-state index in [0.717, 1.165) is 36.3 Å². The lowest BCUT2D eigenvalue weighted by molar-refractivity contribution is -0.128. The van der Waals surface area contributed by atoms with E-state index in [1.165, 1.54) is 29.5 Å². The zero-order chi connectivity index (χ0) is 22.5. The lowest BCUT2D eigenvalue weighted by Gasteiger charge is -2.37. The Morgan fingerprint density at radius 3 is 2.28 bits per heavy atom. The third kappa shape index (κ3) is 5.11. The lowest BCUT2D eigenvalue weighted by atomic mass is 9.91. The second-order valence-corrected chi connectivity index (χ2v) is 8.75. The van der Waals surface area contributed by atoms with Gasteiger partial charge in [-0.1, -0.05) is 67.6 Å². The first-order valence-corrected chi connectivity index (χ1v) is 11.4. The van der Waals surface area contributed by atoms with Crippen LogP contribution in [0.1, 0.15) is 39.5 Å². The molecule has 0 spiro atoms. The van der Waals surface area contributed by atoms with E-state index in [1.54, 1.807) is 0 Å². The Hall–Kier alpha value is -3.33. The standard InChI is InChI=1S/C29H31NO2/c1-4-29(31)32-28-19-11-24(12-20-28)23-9-17-27(18-10-23)30(25-13-5-21(2)6-14-25)26-15-7-22(3)8-16-26/h4-6,9-13,15,17-20,22,25H,1,7-8,14,16H2,2-3H3. The minimum absolute atomic E-state index is 0.350. The molecule has 0 heterocycles. The van der Waals surface area contributed by atoms with Crippen molar-refractivity contribution in [2.24, 2.45) is 5.92 Å². The van der Waals surface area contributed by atoms with Crippen LogP contribution in [0, 0.1) is 5.92 Å². The van der Waals surface area contributed by atoms with E-state index in [1.807, 2.05) is 24.3 Å². The molecule has 32 heavy (non-hydrogen) atoms. The molecule has 2 aliphatic carbocycles. The monoisotopic (exact) mass is 425 g/mol. The van der Waals surface area contributed by atoms with Crippen LogP contribution in [0.25, 0.3) is 11.1 Å². The summed E-state index contributed by atoms with van der Waals surface area (Å²) >= 11 is 0. The topological polar surface area (TPSA) is 29.5 Å². The zero-order valence-electron chi connectivity index (χ0n) is 19.0. The number of hydrogen-bond donors (Lipinski definition) is 0. The van der Waals surface area contributed by atoms with E-state index in [4.69, 9.17) is 4.74 Å². The van der Waals surface area contributed by atoms with Gasteiger partial charge in [-0.25, -0.2) is 4.79 Å². The first-order valence-electron chi connectivity index (χ1n) is 11.4. The van der Waals surface area contributed by atoms with Crippen molar-refractivity contribution in [2.75, 3.05) is 4.90 Å². The zero-order valence-corrected chi connectivity index (χ0v) is 19.0. The van der Waals surface area contributed by atoms with Gasteiger partial charge in [0.25, 0.3) is 0 Å². The molecule has 2 aromatic carbocycles. The summed E-state index contributed by atoms with van der Waals surface area (Å²) in [5, 5.41) is 0. The molecule has 0 aromatic heterocycles. The summed E-state index contributed by atoms with van der Waals surface area (Å²) < 4.78 is 5.17. The van der Waals surface area contributed by atoms with Crippen molar-refractivity contribution < 1.29 is 9.53 Å². The van der Waals surface area contributed by atoms with E-state index in [0.29, 0.717) is 11.8 Å². The fourth-order valence-electron chi connectivity index (χ4n) is 4.34. The molecule has 2 aliphatic rings. The van der Waals surface area contributed by atoms with Crippen LogP contribution in [-0.2, 0) is 4.79 Å². The van der Waals surface area contributed by atoms with Gasteiger partial charge >= 0.3 is 5.97 Å². The van der Waals surface area contributed by atoms with Gasteiger partial charge in [-0.15, -0.1) is 0 Å². The molecular formula is C29H31NO2. The molecule has 0 N–H and O–H groups in total. The molecular weight excluding hydrogens is 394 g/mol. The molecule has 0 saturated heterocycles. The quantitative estimate of drug-likeness (QED) is 0.278. The van der Waals surface area contributed by atoms with Crippen LogP contribution in [-0.4, -0.2) is 12.0 Å². The highest BCUT2D eigenvalue weighted by Crippen LogP contribution is 2.34. The Morgan fingerprint density at radius 1 is 1.03 bits per heavy atom. The average molecular weight is 426 g/mol. The number of allylic oxidation sites excluding steroid dienone is 4. The van der Waals surface area contributed by atoms with Gasteiger partial charge in [-0.3, -0.25) is 0 Å². The molecule has 0 saturated carbocycles. The van der Waals surface area contributed by atoms with Crippen molar-refractivity contribution in [3.8, 4) is 16.9 Å². The van der Waals surface area contributed by atoms with Crippen LogP contribution in [0.3, 0.4) is 0 Å². The second kappa shape index (κ2) is 9.86. The number of nitrogens with zero attached hydrogens (tertiary/aromatic N) is 1. The van der Waals surface area contributed by atoms with Crippen LogP contribution in [0.4, 0.5) is 5.69 Å². The van der Waals surface area contributed by atoms with Crippen molar-refractivity contribution in [3.63, 3.8) is 0 Å². The normalized spacial score (nSPS) is 20.2. The fraction of sp³-hybridized carbons (Fsp3) is 0.276. The smallest absolute Gasteiger partial charge is 0.335 e. The third-order valence-electron chi connectivity index (χ3n) is 6.27. The van der Waals surface area contributed by atoms with Gasteiger partial charge in [0.1, 0.15) is 5.75 Å². The number of rotatable bonds is 6. The predicted octanol–water partition coefficient (Wildman–Crippen LogP) is 7.23. The molecule has 2 unspecified atom stereocenters. The molecule has 164 valence electrons. The number of anilines is 1. The van der Waals surface area contributed by atoms with Gasteiger partial charge < -0.3 is 9.64 Å². The summed E-state index contributed by atoms with van der Waals surface area (Å²) in [5.41, 5.74) is 6.23. The number of benzene rings is 2. The van der Waals surface area contributed by atoms with E-state index in [-0.39, 0.29) is 0 Å². The minimum Gasteiger partial charge on any atom is -0.423 e. The van der Waals surface area contributed by atoms with Crippen LogP contribution in [0.2, 0.25) is 0 Å². The predicted molar refractivity (Wildman–Crippen MR) is 133 cm³/mol. The summed E-state index contributed by atoms with van der Waals surface area (Å²) in [5.74, 6) is 0.837. The van der Waals surface area contributed by atoms with Gasteiger partial charge in [0.05, 0.1) is 6.04 Å². The van der Waals surface area contributed by atoms with Gasteiger partial charge in [0, 0.05) is 17.5 Å². The molecule has 0 radical (unpaired) electrons. The van der Waals surface area contributed by atoms with Crippen molar-refractivity contribution >= 4 is 11.7 Å². The van der Waals surface area contributed by atoms with E-state index in [9.17, 15) is 4.79 Å². The maximum Gasteiger partial charge on any atom is 0.335 e. The van der Waals surface area contributed by atoms with Gasteiger partial charge in [0.2, 0.25) is 0 Å². The second-order valence-electron chi connectivity index (χ2n) is 8.75. The lowest BCUT2D eigenvalue weighted by Crippen LogP contribution is -2.34. The van der Waals surface area contributed by atoms with Crippen LogP contribution >= 0.6 is 0 Å². The number of carbonyl (C=O) groups excluding carboxylic acids is 1. The van der Waals surface area contributed by atoms with E-state index < -0.39 is 5.97 Å². The highest BCUT2D eigenvalue weighted by molar-refractivity contribution is 5.83. The molecule has 0 fully saturated rings. The van der Waals surface area contributed by atoms with Gasteiger partial charge in [-0.2, -0.15) is 0 Å². The van der Waals surface area contributed by atoms with Crippen molar-refractivity contribution in [1.82, 2.24) is 0 Å². The van der Waals surface area contributed by atoms with Crippen LogP contribution in [0.15, 0.2) is 96.8 Å². The Kier molecular flexibility index (Phi) is 6.75. The molecule has 0 amide bonds. The molecule has 3 heteroatoms. The largest absolute Gasteiger partial charge is 0.423 e. The maximum absolute atomic E-state index is 11.4. The Balaban J connectivity index is 1.57. The summed E-state index contributed by atoms with van der Waals surface area (Å²) in [6.07, 6.45) is 15.1. The Labute approximate surface area is 191 Å². The molecule has 3 nitrogen and oxygen atoms in total. The first kappa shape index (κ1) is 21.9. The van der Waals surface area contributed by atoms with Gasteiger partial charge in [0.15, 0.2) is 0 Å². The van der Waals surface area contributed by atoms with Crippen molar-refractivity contribution in [1.29, 1.82) is 0 Å². The molecule has 4 rings (SSSR count). The third-order valence-corrected chi connectivity index (χ3v) is 6.27. The highest BCUT2D eigenvalue weighted by atomic mass is 16.5. The van der Waals surface area contributed by atoms with Crippen molar-refractivity contribution in [2.45, 2.75) is 45.6 Å². The Bertz CT molecular complexity index is 1060. The fourth-order valence-corrected chi connectivity index (χ4v) is 4.34. The van der Waals surface area contributed by atoms with Crippen molar-refractivity contribution in [3.05, 3.63) is 96.8 Å². The van der Waals surface area contributed by atoms with E-state index >= 15 is 0 Å². The number of hydrogen-bond acceptors (Lipinski definition) is 3. The van der Waals surface area contributed by atoms with Crippen LogP contribution in [0.5, 0.6) is 5.75 Å². The number of ether oxygens (including phenoxy) is 1. The molecule has 2 aromatic rings. The SMILES string of the molecule is C=CC(=O)Oc1ccc(-c2ccc(N(C3=CCC(C)CC3)C3C=CC(C)=CC3)cc2)cc1. The maximum atomic E-state index is 11.4. The summed E-state index contributed by atoms with van der Waals surface area (Å²) in [7, 11) is 0. The van der Waals surface area contributed by atoms with Crippen LogP contribution < -0.4 is 9.64 Å². The highest BCUT2D eigenvalue weighted by Gasteiger charge is 2.23. The van der Waals surface area contributed by atoms with Gasteiger partial charge in [-0.05, 0) is 73.9 Å². The minimum atomic E-state index is -0.449. The molecule has 2 atom stereocenters. The average Bonchev–Trinajstić information content (AvgIpc) is 2.82. The van der Waals surface area contributed by atoms with E-state index in [2.05, 4.69) is 73.9 Å².